The number of carbonyl (C=O) groups is 1. The van der Waals surface area contributed by atoms with Gasteiger partial charge in [0.1, 0.15) is 5.75 Å². The summed E-state index contributed by atoms with van der Waals surface area (Å²) in [7, 11) is 1.29. The summed E-state index contributed by atoms with van der Waals surface area (Å²) < 4.78 is 39.7. The van der Waals surface area contributed by atoms with E-state index < -0.39 is 18.0 Å². The molecule has 1 amide bonds. The number of nitrogens with one attached hydrogen (secondary N) is 1. The van der Waals surface area contributed by atoms with Gasteiger partial charge in [-0.05, 0) is 18.2 Å². The zero-order valence-electron chi connectivity index (χ0n) is 8.06. The number of carbonyl (C=O) groups excluding carboxylic acids is 1. The van der Waals surface area contributed by atoms with Crippen LogP contribution in [0.15, 0.2) is 18.2 Å². The first-order valence-electron chi connectivity index (χ1n) is 4.11. The molecule has 0 saturated carbocycles. The van der Waals surface area contributed by atoms with Crippen LogP contribution in [0.5, 0.6) is 5.75 Å². The third-order valence-electron chi connectivity index (χ3n) is 1.64. The number of hydrogen-bond donors (Lipinski definition) is 1. The van der Waals surface area contributed by atoms with Gasteiger partial charge in [-0.2, -0.15) is 0 Å². The highest BCUT2D eigenvalue weighted by Gasteiger charge is 2.32. The maximum absolute atomic E-state index is 12.0. The van der Waals surface area contributed by atoms with E-state index in [1.165, 1.54) is 13.1 Å². The first-order valence-corrected chi connectivity index (χ1v) is 4.48. The second-order valence-corrected chi connectivity index (χ2v) is 3.20. The van der Waals surface area contributed by atoms with Crippen LogP contribution in [-0.4, -0.2) is 19.3 Å². The lowest BCUT2D eigenvalue weighted by molar-refractivity contribution is -0.274. The number of amides is 1. The van der Waals surface area contributed by atoms with Crippen LogP contribution in [0, 0.1) is 0 Å². The van der Waals surface area contributed by atoms with Crippen LogP contribution in [-0.2, 0) is 0 Å². The van der Waals surface area contributed by atoms with Crippen LogP contribution < -0.4 is 10.1 Å². The lowest BCUT2D eigenvalue weighted by atomic mass is 10.2. The largest absolute Gasteiger partial charge is 0.573 e. The third kappa shape index (κ3) is 3.30. The van der Waals surface area contributed by atoms with Crippen LogP contribution in [0.2, 0.25) is 5.02 Å². The Morgan fingerprint density at radius 3 is 2.56 bits per heavy atom. The van der Waals surface area contributed by atoms with Crippen molar-refractivity contribution in [2.24, 2.45) is 0 Å². The van der Waals surface area contributed by atoms with Crippen molar-refractivity contribution in [3.63, 3.8) is 0 Å². The summed E-state index contributed by atoms with van der Waals surface area (Å²) in [6.45, 7) is 0. The van der Waals surface area contributed by atoms with Gasteiger partial charge in [0.25, 0.3) is 5.91 Å². The van der Waals surface area contributed by atoms with Gasteiger partial charge >= 0.3 is 6.36 Å². The van der Waals surface area contributed by atoms with Crippen molar-refractivity contribution in [2.45, 2.75) is 6.36 Å². The molecule has 88 valence electrons. The molecule has 0 aromatic heterocycles. The zero-order valence-corrected chi connectivity index (χ0v) is 8.82. The third-order valence-corrected chi connectivity index (χ3v) is 1.87. The predicted molar refractivity (Wildman–Crippen MR) is 51.5 cm³/mol. The quantitative estimate of drug-likeness (QED) is 0.880. The van der Waals surface area contributed by atoms with E-state index in [0.29, 0.717) is 0 Å². The predicted octanol–water partition coefficient (Wildman–Crippen LogP) is 2.60. The van der Waals surface area contributed by atoms with E-state index in [2.05, 4.69) is 10.1 Å². The van der Waals surface area contributed by atoms with Crippen LogP contribution in [0.4, 0.5) is 13.2 Å². The summed E-state index contributed by atoms with van der Waals surface area (Å²) in [4.78, 5) is 11.3. The van der Waals surface area contributed by atoms with E-state index in [0.717, 1.165) is 12.1 Å². The second-order valence-electron chi connectivity index (χ2n) is 2.77. The molecule has 16 heavy (non-hydrogen) atoms. The van der Waals surface area contributed by atoms with Gasteiger partial charge in [0, 0.05) is 12.1 Å². The minimum absolute atomic E-state index is 0.146. The van der Waals surface area contributed by atoms with E-state index >= 15 is 0 Å². The summed E-state index contributed by atoms with van der Waals surface area (Å²) in [5.41, 5.74) is -0.271. The van der Waals surface area contributed by atoms with Crippen molar-refractivity contribution in [3.8, 4) is 5.75 Å². The highest BCUT2D eigenvalue weighted by atomic mass is 35.5. The van der Waals surface area contributed by atoms with E-state index in [1.54, 1.807) is 0 Å². The molecule has 0 aliphatic heterocycles. The summed E-state index contributed by atoms with van der Waals surface area (Å²) >= 11 is 5.57. The number of ether oxygens (including phenoxy) is 1. The monoisotopic (exact) mass is 253 g/mol. The molecule has 0 bridgehead atoms. The molecular formula is C9H7ClF3NO2. The molecular weight excluding hydrogens is 247 g/mol. The molecule has 1 aromatic rings. The number of benzene rings is 1. The molecule has 0 fully saturated rings. The number of rotatable bonds is 2. The Kier molecular flexibility index (Phi) is 3.64. The van der Waals surface area contributed by atoms with E-state index in [9.17, 15) is 18.0 Å². The van der Waals surface area contributed by atoms with Gasteiger partial charge < -0.3 is 10.1 Å². The summed E-state index contributed by atoms with van der Waals surface area (Å²) in [6.07, 6.45) is -4.85. The lowest BCUT2D eigenvalue weighted by Crippen LogP contribution is -2.23. The lowest BCUT2D eigenvalue weighted by Gasteiger charge is -2.12. The van der Waals surface area contributed by atoms with Crippen molar-refractivity contribution >= 4 is 17.5 Å². The molecule has 0 atom stereocenters. The summed E-state index contributed by atoms with van der Waals surface area (Å²) in [6, 6.07) is 3.29. The Morgan fingerprint density at radius 1 is 1.44 bits per heavy atom. The molecule has 1 aromatic carbocycles. The van der Waals surface area contributed by atoms with Crippen molar-refractivity contribution < 1.29 is 22.7 Å². The molecule has 0 saturated heterocycles. The number of hydrogen-bond acceptors (Lipinski definition) is 2. The topological polar surface area (TPSA) is 38.3 Å². The van der Waals surface area contributed by atoms with Crippen LogP contribution in [0.1, 0.15) is 10.4 Å². The van der Waals surface area contributed by atoms with Gasteiger partial charge in [-0.3, -0.25) is 4.79 Å². The Bertz CT molecular complexity index is 406. The first kappa shape index (κ1) is 12.6. The normalized spacial score (nSPS) is 11.1. The molecule has 7 heteroatoms. The van der Waals surface area contributed by atoms with Gasteiger partial charge in [-0.1, -0.05) is 11.6 Å². The van der Waals surface area contributed by atoms with Crippen molar-refractivity contribution in [1.29, 1.82) is 0 Å². The minimum Gasteiger partial charge on any atom is -0.405 e. The Morgan fingerprint density at radius 2 is 2.06 bits per heavy atom. The second kappa shape index (κ2) is 4.61. The van der Waals surface area contributed by atoms with E-state index in [1.807, 2.05) is 0 Å². The van der Waals surface area contributed by atoms with E-state index in [-0.39, 0.29) is 10.6 Å². The molecule has 0 heterocycles. The molecule has 0 aliphatic carbocycles. The molecule has 0 aliphatic rings. The molecule has 0 unspecified atom stereocenters. The average molecular weight is 254 g/mol. The van der Waals surface area contributed by atoms with Crippen LogP contribution in [0.3, 0.4) is 0 Å². The fourth-order valence-corrected chi connectivity index (χ4v) is 1.20. The first-order chi connectivity index (χ1) is 7.33. The van der Waals surface area contributed by atoms with Gasteiger partial charge in [-0.15, -0.1) is 13.2 Å². The smallest absolute Gasteiger partial charge is 0.405 e. The van der Waals surface area contributed by atoms with Crippen LogP contribution in [0.25, 0.3) is 0 Å². The Labute approximate surface area is 94.2 Å². The fourth-order valence-electron chi connectivity index (χ4n) is 1.03. The standard InChI is InChI=1S/C9H7ClF3NO2/c1-14-8(15)6-4-5(10)2-3-7(6)16-9(11,12)13/h2-4H,1H3,(H,14,15). The maximum Gasteiger partial charge on any atom is 0.573 e. The average Bonchev–Trinajstić information content (AvgIpc) is 2.17. The molecule has 1 N–H and O–H groups in total. The molecule has 3 nitrogen and oxygen atoms in total. The minimum atomic E-state index is -4.85. The van der Waals surface area contributed by atoms with Gasteiger partial charge in [0.15, 0.2) is 0 Å². The Balaban J connectivity index is 3.13. The summed E-state index contributed by atoms with van der Waals surface area (Å²) in [5.74, 6) is -1.29. The van der Waals surface area contributed by atoms with E-state index in [4.69, 9.17) is 11.6 Å². The highest BCUT2D eigenvalue weighted by molar-refractivity contribution is 6.31. The summed E-state index contributed by atoms with van der Waals surface area (Å²) in [5, 5.41) is 2.34. The van der Waals surface area contributed by atoms with Crippen LogP contribution >= 0.6 is 11.6 Å². The Hall–Kier alpha value is -1.43. The molecule has 0 spiro atoms. The van der Waals surface area contributed by atoms with Gasteiger partial charge in [0.2, 0.25) is 0 Å². The van der Waals surface area contributed by atoms with Gasteiger partial charge in [-0.25, -0.2) is 0 Å². The van der Waals surface area contributed by atoms with Gasteiger partial charge in [0.05, 0.1) is 5.56 Å². The maximum atomic E-state index is 12.0. The zero-order chi connectivity index (χ0) is 12.3. The SMILES string of the molecule is CNC(=O)c1cc(Cl)ccc1OC(F)(F)F. The molecule has 0 radical (unpaired) electrons. The highest BCUT2D eigenvalue weighted by Crippen LogP contribution is 2.28. The van der Waals surface area contributed by atoms with Crippen molar-refractivity contribution in [3.05, 3.63) is 28.8 Å². The number of alkyl halides is 3. The van der Waals surface area contributed by atoms with Crippen molar-refractivity contribution in [2.75, 3.05) is 7.05 Å². The van der Waals surface area contributed by atoms with Crippen molar-refractivity contribution in [1.82, 2.24) is 5.32 Å². The molecule has 1 rings (SSSR count). The number of halogens is 4. The fraction of sp³-hybridized carbons (Fsp3) is 0.222.